The Labute approximate surface area is 106 Å². The van der Waals surface area contributed by atoms with Crippen molar-refractivity contribution in [3.63, 3.8) is 0 Å². The number of nitrogens with one attached hydrogen (secondary N) is 2. The van der Waals surface area contributed by atoms with Crippen molar-refractivity contribution in [2.45, 2.75) is 12.8 Å². The van der Waals surface area contributed by atoms with Gasteiger partial charge in [0.25, 0.3) is 0 Å². The lowest BCUT2D eigenvalue weighted by Crippen LogP contribution is -2.30. The van der Waals surface area contributed by atoms with Crippen LogP contribution in [0.15, 0.2) is 16.8 Å². The average molecular weight is 256 g/mol. The summed E-state index contributed by atoms with van der Waals surface area (Å²) in [5, 5.41) is 10.3. The zero-order valence-corrected chi connectivity index (χ0v) is 11.0. The predicted molar refractivity (Wildman–Crippen MR) is 70.4 cm³/mol. The molecule has 0 aliphatic rings. The highest BCUT2D eigenvalue weighted by molar-refractivity contribution is 7.07. The van der Waals surface area contributed by atoms with Gasteiger partial charge in [-0.05, 0) is 35.4 Å². The molecule has 0 spiro atoms. The van der Waals surface area contributed by atoms with Crippen LogP contribution in [0.5, 0.6) is 0 Å². The number of carbonyl (C=O) groups is 1. The van der Waals surface area contributed by atoms with Gasteiger partial charge in [-0.15, -0.1) is 0 Å². The quantitative estimate of drug-likeness (QED) is 0.649. The zero-order valence-electron chi connectivity index (χ0n) is 10.2. The van der Waals surface area contributed by atoms with Gasteiger partial charge in [0.1, 0.15) is 0 Å². The third-order valence-electron chi connectivity index (χ3n) is 2.33. The smallest absolute Gasteiger partial charge is 0.221 e. The van der Waals surface area contributed by atoms with E-state index in [0.29, 0.717) is 19.6 Å². The lowest BCUT2D eigenvalue weighted by Gasteiger charge is -2.05. The first-order valence-electron chi connectivity index (χ1n) is 5.80. The number of methoxy groups -OCH3 is 1. The number of thiophene rings is 1. The normalized spacial score (nSPS) is 10.4. The van der Waals surface area contributed by atoms with E-state index in [1.54, 1.807) is 18.4 Å². The molecule has 0 aliphatic heterocycles. The molecule has 1 aromatic rings. The van der Waals surface area contributed by atoms with Crippen LogP contribution in [0.2, 0.25) is 0 Å². The summed E-state index contributed by atoms with van der Waals surface area (Å²) in [7, 11) is 1.62. The minimum absolute atomic E-state index is 0.0742. The standard InChI is InChI=1S/C12H20N2O2S/c1-16-8-7-14-12(15)3-6-13-5-2-11-4-9-17-10-11/h4,9-10,13H,2-3,5-8H2,1H3,(H,14,15). The molecule has 1 heterocycles. The van der Waals surface area contributed by atoms with Gasteiger partial charge in [-0.2, -0.15) is 11.3 Å². The average Bonchev–Trinajstić information content (AvgIpc) is 2.82. The van der Waals surface area contributed by atoms with Gasteiger partial charge in [0.15, 0.2) is 0 Å². The molecule has 0 saturated carbocycles. The largest absolute Gasteiger partial charge is 0.383 e. The molecule has 0 fully saturated rings. The molecule has 0 aromatic carbocycles. The second-order valence-electron chi connectivity index (χ2n) is 3.72. The van der Waals surface area contributed by atoms with Crippen LogP contribution < -0.4 is 10.6 Å². The fraction of sp³-hybridized carbons (Fsp3) is 0.583. The molecule has 96 valence electrons. The molecule has 1 rings (SSSR count). The second kappa shape index (κ2) is 9.15. The molecule has 17 heavy (non-hydrogen) atoms. The number of hydrogen-bond donors (Lipinski definition) is 2. The summed E-state index contributed by atoms with van der Waals surface area (Å²) in [6.45, 7) is 2.80. The first kappa shape index (κ1) is 14.2. The van der Waals surface area contributed by atoms with Gasteiger partial charge in [0.05, 0.1) is 6.61 Å². The Hall–Kier alpha value is -0.910. The lowest BCUT2D eigenvalue weighted by molar-refractivity contribution is -0.121. The van der Waals surface area contributed by atoms with Gasteiger partial charge in [-0.3, -0.25) is 4.79 Å². The molecule has 0 unspecified atom stereocenters. The van der Waals surface area contributed by atoms with Crippen LogP contribution in [-0.4, -0.2) is 39.3 Å². The number of rotatable bonds is 9. The Morgan fingerprint density at radius 3 is 3.00 bits per heavy atom. The van der Waals surface area contributed by atoms with E-state index in [0.717, 1.165) is 19.5 Å². The summed E-state index contributed by atoms with van der Waals surface area (Å²) in [4.78, 5) is 11.3. The third-order valence-corrected chi connectivity index (χ3v) is 3.06. The molecule has 1 aromatic heterocycles. The van der Waals surface area contributed by atoms with Crippen LogP contribution in [0, 0.1) is 0 Å². The van der Waals surface area contributed by atoms with Crippen molar-refractivity contribution in [1.82, 2.24) is 10.6 Å². The van der Waals surface area contributed by atoms with E-state index >= 15 is 0 Å². The molecule has 1 amide bonds. The Balaban J connectivity index is 1.91. The maximum absolute atomic E-state index is 11.3. The SMILES string of the molecule is COCCNC(=O)CCNCCc1ccsc1. The molecule has 5 heteroatoms. The molecule has 4 nitrogen and oxygen atoms in total. The zero-order chi connectivity index (χ0) is 12.3. The van der Waals surface area contributed by atoms with E-state index in [2.05, 4.69) is 27.5 Å². The van der Waals surface area contributed by atoms with Gasteiger partial charge in [0, 0.05) is 26.6 Å². The Bertz CT molecular complexity index is 301. The highest BCUT2D eigenvalue weighted by atomic mass is 32.1. The highest BCUT2D eigenvalue weighted by Crippen LogP contribution is 2.05. The maximum Gasteiger partial charge on any atom is 0.221 e. The van der Waals surface area contributed by atoms with E-state index in [1.807, 2.05) is 0 Å². The molecular weight excluding hydrogens is 236 g/mol. The number of hydrogen-bond acceptors (Lipinski definition) is 4. The van der Waals surface area contributed by atoms with Crippen LogP contribution in [0.4, 0.5) is 0 Å². The number of carbonyl (C=O) groups excluding carboxylic acids is 1. The monoisotopic (exact) mass is 256 g/mol. The van der Waals surface area contributed by atoms with Crippen LogP contribution >= 0.6 is 11.3 Å². The van der Waals surface area contributed by atoms with Crippen molar-refractivity contribution < 1.29 is 9.53 Å². The third kappa shape index (κ3) is 7.10. The molecule has 2 N–H and O–H groups in total. The summed E-state index contributed by atoms with van der Waals surface area (Å²) >= 11 is 1.72. The topological polar surface area (TPSA) is 50.4 Å². The Morgan fingerprint density at radius 2 is 2.29 bits per heavy atom. The maximum atomic E-state index is 11.3. The van der Waals surface area contributed by atoms with Crippen molar-refractivity contribution in [2.24, 2.45) is 0 Å². The van der Waals surface area contributed by atoms with Crippen molar-refractivity contribution in [3.8, 4) is 0 Å². The molecule has 0 atom stereocenters. The number of ether oxygens (including phenoxy) is 1. The molecular formula is C12H20N2O2S. The minimum Gasteiger partial charge on any atom is -0.383 e. The predicted octanol–water partition coefficient (Wildman–Crippen LogP) is 1.03. The van der Waals surface area contributed by atoms with Crippen LogP contribution in [0.25, 0.3) is 0 Å². The van der Waals surface area contributed by atoms with E-state index in [4.69, 9.17) is 4.74 Å². The molecule has 0 aliphatic carbocycles. The van der Waals surface area contributed by atoms with Gasteiger partial charge < -0.3 is 15.4 Å². The van der Waals surface area contributed by atoms with E-state index in [1.165, 1.54) is 5.56 Å². The number of amides is 1. The first-order valence-corrected chi connectivity index (χ1v) is 6.74. The first-order chi connectivity index (χ1) is 8.33. The fourth-order valence-electron chi connectivity index (χ4n) is 1.38. The summed E-state index contributed by atoms with van der Waals surface area (Å²) in [5.74, 6) is 0.0742. The van der Waals surface area contributed by atoms with E-state index in [9.17, 15) is 4.79 Å². The Kier molecular flexibility index (Phi) is 7.62. The van der Waals surface area contributed by atoms with Gasteiger partial charge in [-0.1, -0.05) is 0 Å². The van der Waals surface area contributed by atoms with Crippen molar-refractivity contribution in [3.05, 3.63) is 22.4 Å². The summed E-state index contributed by atoms with van der Waals surface area (Å²) in [5.41, 5.74) is 1.35. The van der Waals surface area contributed by atoms with E-state index < -0.39 is 0 Å². The van der Waals surface area contributed by atoms with Crippen molar-refractivity contribution in [2.75, 3.05) is 33.4 Å². The van der Waals surface area contributed by atoms with Crippen molar-refractivity contribution >= 4 is 17.2 Å². The van der Waals surface area contributed by atoms with Gasteiger partial charge in [0.2, 0.25) is 5.91 Å². The van der Waals surface area contributed by atoms with Gasteiger partial charge in [-0.25, -0.2) is 0 Å². The highest BCUT2D eigenvalue weighted by Gasteiger charge is 1.99. The molecule has 0 saturated heterocycles. The molecule has 0 radical (unpaired) electrons. The van der Waals surface area contributed by atoms with Crippen LogP contribution in [0.1, 0.15) is 12.0 Å². The van der Waals surface area contributed by atoms with Crippen LogP contribution in [0.3, 0.4) is 0 Å². The Morgan fingerprint density at radius 1 is 1.41 bits per heavy atom. The van der Waals surface area contributed by atoms with Crippen LogP contribution in [-0.2, 0) is 16.0 Å². The molecule has 0 bridgehead atoms. The minimum atomic E-state index is 0.0742. The second-order valence-corrected chi connectivity index (χ2v) is 4.50. The van der Waals surface area contributed by atoms with Gasteiger partial charge >= 0.3 is 0 Å². The van der Waals surface area contributed by atoms with E-state index in [-0.39, 0.29) is 5.91 Å². The lowest BCUT2D eigenvalue weighted by atomic mass is 10.2. The summed E-state index contributed by atoms with van der Waals surface area (Å²) in [6, 6.07) is 2.13. The fourth-order valence-corrected chi connectivity index (χ4v) is 2.08. The summed E-state index contributed by atoms with van der Waals surface area (Å²) in [6.07, 6.45) is 1.54. The summed E-state index contributed by atoms with van der Waals surface area (Å²) < 4.78 is 4.85. The van der Waals surface area contributed by atoms with Crippen molar-refractivity contribution in [1.29, 1.82) is 0 Å².